The number of hydrogen-bond donors (Lipinski definition) is 0. The summed E-state index contributed by atoms with van der Waals surface area (Å²) in [6.45, 7) is 4.78. The number of hydrogen-bond acceptors (Lipinski definition) is 3. The fourth-order valence-corrected chi connectivity index (χ4v) is 4.74. The maximum atomic E-state index is 12.5. The zero-order valence-corrected chi connectivity index (χ0v) is 22.8. The number of likely N-dealkylation sites (N-methyl/N-ethyl adjacent to an activating group) is 1. The molecule has 0 radical (unpaired) electrons. The lowest BCUT2D eigenvalue weighted by molar-refractivity contribution is -0.870. The van der Waals surface area contributed by atoms with Gasteiger partial charge in [0.1, 0.15) is 13.2 Å². The van der Waals surface area contributed by atoms with Crippen molar-refractivity contribution in [2.45, 2.75) is 32.4 Å². The Balaban J connectivity index is 1.59. The van der Waals surface area contributed by atoms with E-state index in [2.05, 4.69) is 34.1 Å². The average Bonchev–Trinajstić information content (AvgIpc) is 2.84. The maximum Gasteiger partial charge on any atom is 0.338 e. The number of fused-ring (bicyclic) bond motifs is 1. The van der Waals surface area contributed by atoms with Crippen LogP contribution in [0.25, 0.3) is 16.4 Å². The van der Waals surface area contributed by atoms with Crippen molar-refractivity contribution in [3.63, 3.8) is 0 Å². The molecule has 0 aliphatic carbocycles. The predicted molar refractivity (Wildman–Crippen MR) is 150 cm³/mol. The van der Waals surface area contributed by atoms with E-state index in [9.17, 15) is 9.59 Å². The molecule has 0 saturated carbocycles. The molecule has 1 amide bonds. The van der Waals surface area contributed by atoms with Crippen LogP contribution in [0.2, 0.25) is 5.02 Å². The molecule has 1 aliphatic heterocycles. The number of esters is 1. The lowest BCUT2D eigenvalue weighted by Gasteiger charge is -2.45. The molecule has 4 rings (SSSR count). The molecule has 3 aromatic carbocycles. The van der Waals surface area contributed by atoms with Gasteiger partial charge < -0.3 is 19.4 Å². The molecule has 1 heterocycles. The highest BCUT2D eigenvalue weighted by Crippen LogP contribution is 2.46. The van der Waals surface area contributed by atoms with Gasteiger partial charge in [0.25, 0.3) is 0 Å². The summed E-state index contributed by atoms with van der Waals surface area (Å²) in [4.78, 5) is 26.8. The molecule has 0 fully saturated rings. The second-order valence-corrected chi connectivity index (χ2v) is 11.0. The van der Waals surface area contributed by atoms with Gasteiger partial charge in [0.05, 0.1) is 26.7 Å². The minimum atomic E-state index is -0.321. The summed E-state index contributed by atoms with van der Waals surface area (Å²) < 4.78 is 6.17. The van der Waals surface area contributed by atoms with Crippen molar-refractivity contribution in [3.05, 3.63) is 88.2 Å². The monoisotopic (exact) mass is 519 g/mol. The van der Waals surface area contributed by atoms with Crippen LogP contribution in [0.3, 0.4) is 0 Å². The van der Waals surface area contributed by atoms with E-state index < -0.39 is 0 Å². The third kappa shape index (κ3) is 6.51. The Bertz CT molecular complexity index is 1270. The molecule has 0 N–H and O–H groups in total. The third-order valence-corrected chi connectivity index (χ3v) is 6.82. The molecule has 194 valence electrons. The number of nitrogens with zero attached hydrogens (tertiary/aromatic N) is 3. The highest BCUT2D eigenvalue weighted by atomic mass is 35.5. The standard InChI is InChI=1S/C30H34ClN3O3/c1-20-18-28(32-26-13-11-25(31)12-14-26)27-19-24(10-15-29(27)33(20)21(2)35)22-6-8-23(9-7-22)30(36)37-17-16-34(3,4)5/h6-15,19-20,28H,16-18H2,1-5H3/t20-,28+/m0/s1. The highest BCUT2D eigenvalue weighted by Gasteiger charge is 2.29. The Hall–Kier alpha value is -3.35. The number of carbonyl (C=O) groups is 2. The van der Waals surface area contributed by atoms with E-state index in [0.717, 1.165) is 45.5 Å². The van der Waals surface area contributed by atoms with Crippen LogP contribution in [0.5, 0.6) is 0 Å². The molecule has 0 unspecified atom stereocenters. The van der Waals surface area contributed by atoms with Gasteiger partial charge in [0.2, 0.25) is 5.91 Å². The Morgan fingerprint density at radius 2 is 1.65 bits per heavy atom. The number of ether oxygens (including phenoxy) is 1. The second kappa shape index (κ2) is 11.0. The van der Waals surface area contributed by atoms with Gasteiger partial charge in [0, 0.05) is 23.7 Å². The van der Waals surface area contributed by atoms with Crippen LogP contribution in [-0.2, 0) is 9.53 Å². The molecule has 0 bridgehead atoms. The predicted octanol–water partition coefficient (Wildman–Crippen LogP) is 6.76. The van der Waals surface area contributed by atoms with Gasteiger partial charge in [-0.25, -0.2) is 4.79 Å². The van der Waals surface area contributed by atoms with Gasteiger partial charge in [0.15, 0.2) is 0 Å². The van der Waals surface area contributed by atoms with Crippen molar-refractivity contribution in [2.75, 3.05) is 39.2 Å². The number of benzene rings is 3. The Kier molecular flexibility index (Phi) is 7.90. The topological polar surface area (TPSA) is 60.7 Å². The number of anilines is 1. The van der Waals surface area contributed by atoms with E-state index in [-0.39, 0.29) is 24.0 Å². The number of rotatable bonds is 7. The highest BCUT2D eigenvalue weighted by molar-refractivity contribution is 6.30. The van der Waals surface area contributed by atoms with Crippen LogP contribution in [0.15, 0.2) is 66.7 Å². The SMILES string of the molecule is CC(=O)N1c2ccc(-c3ccc(C(=O)OCC[N+](C)(C)C)cc3)cc2[C@H]([N-]c2ccc(Cl)cc2)C[C@@H]1C. The summed E-state index contributed by atoms with van der Waals surface area (Å²) in [5.41, 5.74) is 5.24. The fraction of sp³-hybridized carbons (Fsp3) is 0.333. The van der Waals surface area contributed by atoms with Gasteiger partial charge in [-0.05, 0) is 60.4 Å². The minimum Gasteiger partial charge on any atom is -0.678 e. The van der Waals surface area contributed by atoms with Gasteiger partial charge >= 0.3 is 5.97 Å². The zero-order valence-electron chi connectivity index (χ0n) is 22.1. The first-order valence-corrected chi connectivity index (χ1v) is 12.9. The lowest BCUT2D eigenvalue weighted by atomic mass is 9.88. The third-order valence-electron chi connectivity index (χ3n) is 6.57. The van der Waals surface area contributed by atoms with Crippen molar-refractivity contribution < 1.29 is 18.8 Å². The molecule has 0 aromatic heterocycles. The molecule has 6 nitrogen and oxygen atoms in total. The van der Waals surface area contributed by atoms with E-state index in [0.29, 0.717) is 17.2 Å². The molecule has 0 saturated heterocycles. The van der Waals surface area contributed by atoms with E-state index in [1.54, 1.807) is 19.1 Å². The first kappa shape index (κ1) is 26.7. The molecule has 3 aromatic rings. The van der Waals surface area contributed by atoms with Gasteiger partial charge in [-0.2, -0.15) is 0 Å². The van der Waals surface area contributed by atoms with Crippen molar-refractivity contribution >= 4 is 34.9 Å². The van der Waals surface area contributed by atoms with Gasteiger partial charge in [-0.3, -0.25) is 4.79 Å². The first-order valence-electron chi connectivity index (χ1n) is 12.5. The van der Waals surface area contributed by atoms with Crippen molar-refractivity contribution in [2.24, 2.45) is 0 Å². The van der Waals surface area contributed by atoms with Crippen molar-refractivity contribution in [3.8, 4) is 11.1 Å². The van der Waals surface area contributed by atoms with E-state index in [4.69, 9.17) is 21.7 Å². The molecule has 2 atom stereocenters. The Morgan fingerprint density at radius 1 is 1.00 bits per heavy atom. The summed E-state index contributed by atoms with van der Waals surface area (Å²) in [6, 6.07) is 21.0. The van der Waals surface area contributed by atoms with Crippen molar-refractivity contribution in [1.82, 2.24) is 0 Å². The summed E-state index contributed by atoms with van der Waals surface area (Å²) in [5.74, 6) is -0.307. The van der Waals surface area contributed by atoms with Crippen molar-refractivity contribution in [1.29, 1.82) is 0 Å². The van der Waals surface area contributed by atoms with Crippen LogP contribution in [0, 0.1) is 0 Å². The molecular weight excluding hydrogens is 486 g/mol. The average molecular weight is 520 g/mol. The van der Waals surface area contributed by atoms with E-state index in [1.165, 1.54) is 0 Å². The summed E-state index contributed by atoms with van der Waals surface area (Å²) in [7, 11) is 6.18. The second-order valence-electron chi connectivity index (χ2n) is 10.6. The number of halogens is 1. The molecule has 7 heteroatoms. The maximum absolute atomic E-state index is 12.5. The fourth-order valence-electron chi connectivity index (χ4n) is 4.62. The molecule has 1 aliphatic rings. The zero-order chi connectivity index (χ0) is 26.7. The summed E-state index contributed by atoms with van der Waals surface area (Å²) in [6.07, 6.45) is 0.719. The molecule has 37 heavy (non-hydrogen) atoms. The van der Waals surface area contributed by atoms with Crippen LogP contribution >= 0.6 is 11.6 Å². The quantitative estimate of drug-likeness (QED) is 0.256. The summed E-state index contributed by atoms with van der Waals surface area (Å²) >= 11 is 6.06. The Morgan fingerprint density at radius 3 is 2.27 bits per heavy atom. The van der Waals surface area contributed by atoms with Gasteiger partial charge in [-0.1, -0.05) is 54.0 Å². The van der Waals surface area contributed by atoms with E-state index in [1.807, 2.05) is 53.4 Å². The summed E-state index contributed by atoms with van der Waals surface area (Å²) in [5, 5.41) is 5.67. The number of carbonyl (C=O) groups excluding carboxylic acids is 2. The largest absolute Gasteiger partial charge is 0.678 e. The molecule has 0 spiro atoms. The van der Waals surface area contributed by atoms with E-state index >= 15 is 0 Å². The van der Waals surface area contributed by atoms with Crippen LogP contribution in [-0.4, -0.2) is 56.7 Å². The first-order chi connectivity index (χ1) is 17.5. The number of quaternary nitrogens is 1. The smallest absolute Gasteiger partial charge is 0.338 e. The Labute approximate surface area is 224 Å². The van der Waals surface area contributed by atoms with Crippen LogP contribution < -0.4 is 4.90 Å². The number of amides is 1. The minimum absolute atomic E-state index is 0.0135. The molecular formula is C30H34ClN3O3. The van der Waals surface area contributed by atoms with Gasteiger partial charge in [-0.15, -0.1) is 5.69 Å². The van der Waals surface area contributed by atoms with Crippen LogP contribution in [0.4, 0.5) is 11.4 Å². The lowest BCUT2D eigenvalue weighted by Crippen LogP contribution is -2.41. The normalized spacial score (nSPS) is 17.2. The van der Waals surface area contributed by atoms with Crippen LogP contribution in [0.1, 0.15) is 42.2 Å².